The van der Waals surface area contributed by atoms with Crippen molar-refractivity contribution in [2.24, 2.45) is 0 Å². The highest BCUT2D eigenvalue weighted by Gasteiger charge is 2.22. The maximum absolute atomic E-state index is 12.6. The lowest BCUT2D eigenvalue weighted by atomic mass is 10.0. The Hall–Kier alpha value is -2.84. The first-order valence-corrected chi connectivity index (χ1v) is 8.53. The van der Waals surface area contributed by atoms with E-state index < -0.39 is 12.0 Å². The van der Waals surface area contributed by atoms with Gasteiger partial charge < -0.3 is 10.1 Å². The zero-order chi connectivity index (χ0) is 19.1. The minimum atomic E-state index is -0.627. The molecule has 5 nitrogen and oxygen atoms in total. The molecule has 0 heterocycles. The average molecular weight is 371 g/mol. The first-order chi connectivity index (χ1) is 12.4. The van der Waals surface area contributed by atoms with Gasteiger partial charge in [-0.2, -0.15) is 5.26 Å². The first-order valence-electron chi connectivity index (χ1n) is 8.15. The van der Waals surface area contributed by atoms with Crippen LogP contribution >= 0.6 is 11.6 Å². The Morgan fingerprint density at radius 2 is 1.81 bits per heavy atom. The highest BCUT2D eigenvalue weighted by atomic mass is 35.5. The van der Waals surface area contributed by atoms with Crippen LogP contribution in [0.1, 0.15) is 47.8 Å². The Kier molecular flexibility index (Phi) is 6.76. The number of rotatable bonds is 6. The van der Waals surface area contributed by atoms with Crippen LogP contribution in [-0.4, -0.2) is 18.0 Å². The number of nitriles is 1. The Morgan fingerprint density at radius 3 is 2.38 bits per heavy atom. The van der Waals surface area contributed by atoms with Crippen LogP contribution < -0.4 is 5.32 Å². The second-order valence-electron chi connectivity index (χ2n) is 5.98. The van der Waals surface area contributed by atoms with E-state index in [4.69, 9.17) is 21.6 Å². The van der Waals surface area contributed by atoms with Crippen LogP contribution in [0.3, 0.4) is 0 Å². The molecule has 0 unspecified atom stereocenters. The topological polar surface area (TPSA) is 79.2 Å². The lowest BCUT2D eigenvalue weighted by molar-refractivity contribution is -0.147. The molecule has 1 amide bonds. The number of esters is 1. The molecule has 0 fully saturated rings. The van der Waals surface area contributed by atoms with Crippen molar-refractivity contribution in [1.29, 1.82) is 5.26 Å². The summed E-state index contributed by atoms with van der Waals surface area (Å²) in [6, 6.07) is 14.6. The van der Waals surface area contributed by atoms with Gasteiger partial charge in [-0.05, 0) is 49.7 Å². The van der Waals surface area contributed by atoms with Crippen LogP contribution in [0.25, 0.3) is 0 Å². The standard InChI is InChI=1S/C20H19ClN2O3/c1-13(2)26-19(24)11-18(16-5-3-4-6-17(16)21)23-20(25)15-9-7-14(12-22)8-10-15/h3-10,13,18H,11H2,1-2H3,(H,23,25)/t18-/m1/s1. The monoisotopic (exact) mass is 370 g/mol. The number of hydrogen-bond acceptors (Lipinski definition) is 4. The highest BCUT2D eigenvalue weighted by molar-refractivity contribution is 6.31. The molecule has 0 aliphatic heterocycles. The molecule has 1 N–H and O–H groups in total. The zero-order valence-corrected chi connectivity index (χ0v) is 15.3. The third-order valence-electron chi connectivity index (χ3n) is 3.60. The van der Waals surface area contributed by atoms with Gasteiger partial charge in [-0.25, -0.2) is 0 Å². The number of nitrogens with zero attached hydrogens (tertiary/aromatic N) is 1. The number of benzene rings is 2. The summed E-state index contributed by atoms with van der Waals surface area (Å²) in [5.41, 5.74) is 1.49. The molecular formula is C20H19ClN2O3. The summed E-state index contributed by atoms with van der Waals surface area (Å²) in [6.07, 6.45) is -0.284. The van der Waals surface area contributed by atoms with Gasteiger partial charge in [0.15, 0.2) is 0 Å². The molecule has 0 radical (unpaired) electrons. The summed E-state index contributed by atoms with van der Waals surface area (Å²) in [4.78, 5) is 24.7. The Balaban J connectivity index is 2.22. The summed E-state index contributed by atoms with van der Waals surface area (Å²) in [7, 11) is 0. The summed E-state index contributed by atoms with van der Waals surface area (Å²) in [5, 5.41) is 12.1. The minimum absolute atomic E-state index is 0.0378. The fourth-order valence-corrected chi connectivity index (χ4v) is 2.68. The number of nitrogens with one attached hydrogen (secondary N) is 1. The van der Waals surface area contributed by atoms with Crippen LogP contribution in [0.15, 0.2) is 48.5 Å². The molecule has 26 heavy (non-hydrogen) atoms. The van der Waals surface area contributed by atoms with Crippen LogP contribution in [0.5, 0.6) is 0 Å². The molecule has 0 aliphatic carbocycles. The number of halogens is 1. The number of amides is 1. The molecular weight excluding hydrogens is 352 g/mol. The molecule has 0 aliphatic rings. The van der Waals surface area contributed by atoms with Crippen molar-refractivity contribution < 1.29 is 14.3 Å². The molecule has 2 aromatic rings. The highest BCUT2D eigenvalue weighted by Crippen LogP contribution is 2.26. The van der Waals surface area contributed by atoms with Gasteiger partial charge in [-0.15, -0.1) is 0 Å². The lowest BCUT2D eigenvalue weighted by Gasteiger charge is -2.20. The maximum atomic E-state index is 12.6. The van der Waals surface area contributed by atoms with Crippen molar-refractivity contribution >= 4 is 23.5 Å². The van der Waals surface area contributed by atoms with Crippen LogP contribution in [-0.2, 0) is 9.53 Å². The van der Waals surface area contributed by atoms with E-state index in [0.29, 0.717) is 21.7 Å². The first kappa shape index (κ1) is 19.5. The normalized spacial score (nSPS) is 11.5. The third kappa shape index (κ3) is 5.33. The SMILES string of the molecule is CC(C)OC(=O)C[C@@H](NC(=O)c1ccc(C#N)cc1)c1ccccc1Cl. The predicted octanol–water partition coefficient (Wildman–Crippen LogP) is 4.02. The summed E-state index contributed by atoms with van der Waals surface area (Å²) < 4.78 is 5.19. The number of carbonyl (C=O) groups is 2. The van der Waals surface area contributed by atoms with E-state index >= 15 is 0 Å². The molecule has 6 heteroatoms. The number of carbonyl (C=O) groups excluding carboxylic acids is 2. The van der Waals surface area contributed by atoms with Crippen LogP contribution in [0.2, 0.25) is 5.02 Å². The molecule has 0 bridgehead atoms. The summed E-state index contributed by atoms with van der Waals surface area (Å²) in [5.74, 6) is -0.790. The molecule has 134 valence electrons. The van der Waals surface area contributed by atoms with Crippen molar-refractivity contribution in [2.45, 2.75) is 32.4 Å². The average Bonchev–Trinajstić information content (AvgIpc) is 2.61. The van der Waals surface area contributed by atoms with E-state index in [-0.39, 0.29) is 18.4 Å². The van der Waals surface area contributed by atoms with Crippen molar-refractivity contribution in [3.63, 3.8) is 0 Å². The van der Waals surface area contributed by atoms with Gasteiger partial charge >= 0.3 is 5.97 Å². The summed E-state index contributed by atoms with van der Waals surface area (Å²) in [6.45, 7) is 3.52. The van der Waals surface area contributed by atoms with E-state index in [9.17, 15) is 9.59 Å². The Labute approximate surface area is 157 Å². The van der Waals surface area contributed by atoms with E-state index in [0.717, 1.165) is 0 Å². The second kappa shape index (κ2) is 9.02. The van der Waals surface area contributed by atoms with Gasteiger partial charge in [0.2, 0.25) is 0 Å². The van der Waals surface area contributed by atoms with Gasteiger partial charge in [0.1, 0.15) is 0 Å². The molecule has 2 aromatic carbocycles. The molecule has 0 aromatic heterocycles. The number of hydrogen-bond donors (Lipinski definition) is 1. The van der Waals surface area contributed by atoms with Crippen molar-refractivity contribution in [1.82, 2.24) is 5.32 Å². The molecule has 2 rings (SSSR count). The van der Waals surface area contributed by atoms with E-state index in [1.807, 2.05) is 6.07 Å². The molecule has 0 saturated carbocycles. The quantitative estimate of drug-likeness (QED) is 0.779. The second-order valence-corrected chi connectivity index (χ2v) is 6.39. The van der Waals surface area contributed by atoms with E-state index in [1.54, 1.807) is 62.4 Å². The van der Waals surface area contributed by atoms with Gasteiger partial charge in [0.05, 0.1) is 30.2 Å². The van der Waals surface area contributed by atoms with Crippen LogP contribution in [0, 0.1) is 11.3 Å². The summed E-state index contributed by atoms with van der Waals surface area (Å²) >= 11 is 6.24. The smallest absolute Gasteiger partial charge is 0.308 e. The van der Waals surface area contributed by atoms with Gasteiger partial charge in [-0.3, -0.25) is 9.59 Å². The van der Waals surface area contributed by atoms with Crippen LogP contribution in [0.4, 0.5) is 0 Å². The molecule has 1 atom stereocenters. The largest absolute Gasteiger partial charge is 0.463 e. The minimum Gasteiger partial charge on any atom is -0.463 e. The molecule has 0 spiro atoms. The third-order valence-corrected chi connectivity index (χ3v) is 3.94. The van der Waals surface area contributed by atoms with Gasteiger partial charge in [0, 0.05) is 10.6 Å². The zero-order valence-electron chi connectivity index (χ0n) is 14.5. The van der Waals surface area contributed by atoms with E-state index in [1.165, 1.54) is 0 Å². The van der Waals surface area contributed by atoms with Gasteiger partial charge in [-0.1, -0.05) is 29.8 Å². The maximum Gasteiger partial charge on any atom is 0.308 e. The fourth-order valence-electron chi connectivity index (χ4n) is 2.41. The van der Waals surface area contributed by atoms with Crippen molar-refractivity contribution in [3.05, 3.63) is 70.2 Å². The predicted molar refractivity (Wildman–Crippen MR) is 98.7 cm³/mol. The number of ether oxygens (including phenoxy) is 1. The van der Waals surface area contributed by atoms with Crippen molar-refractivity contribution in [2.75, 3.05) is 0 Å². The fraction of sp³-hybridized carbons (Fsp3) is 0.250. The lowest BCUT2D eigenvalue weighted by Crippen LogP contribution is -2.31. The Morgan fingerprint density at radius 1 is 1.15 bits per heavy atom. The Bertz CT molecular complexity index is 826. The molecule has 0 saturated heterocycles. The van der Waals surface area contributed by atoms with Crippen molar-refractivity contribution in [3.8, 4) is 6.07 Å². The van der Waals surface area contributed by atoms with Gasteiger partial charge in [0.25, 0.3) is 5.91 Å². The van der Waals surface area contributed by atoms with E-state index in [2.05, 4.69) is 5.32 Å².